The van der Waals surface area contributed by atoms with Gasteiger partial charge in [-0.1, -0.05) is 76.6 Å². The van der Waals surface area contributed by atoms with Gasteiger partial charge in [0.25, 0.3) is 11.8 Å². The lowest BCUT2D eigenvalue weighted by atomic mass is 10.2. The van der Waals surface area contributed by atoms with Crippen LogP contribution in [0.4, 0.5) is 5.69 Å². The minimum absolute atomic E-state index is 0.147. The fourth-order valence-corrected chi connectivity index (χ4v) is 2.77. The number of allylic oxidation sites excluding steroid dienone is 2. The maximum atomic E-state index is 12.8. The minimum Gasteiger partial charge on any atom is -0.321 e. The summed E-state index contributed by atoms with van der Waals surface area (Å²) in [5.74, 6) is -0.759. The molecule has 0 spiro atoms. The summed E-state index contributed by atoms with van der Waals surface area (Å²) in [6, 6.07) is 25.7. The molecule has 5 heteroatoms. The SMILES string of the molecule is O=C(Nc1ccc(Br)cc1)/C(=C\C=C\c1ccccc1)NC(=O)c1ccccc1. The molecule has 29 heavy (non-hydrogen) atoms. The molecule has 0 radical (unpaired) electrons. The quantitative estimate of drug-likeness (QED) is 0.392. The highest BCUT2D eigenvalue weighted by Crippen LogP contribution is 2.15. The van der Waals surface area contributed by atoms with Gasteiger partial charge >= 0.3 is 0 Å². The third kappa shape index (κ3) is 6.30. The van der Waals surface area contributed by atoms with Gasteiger partial charge in [0.2, 0.25) is 0 Å². The number of amides is 2. The number of nitrogens with one attached hydrogen (secondary N) is 2. The van der Waals surface area contributed by atoms with Crippen LogP contribution in [0, 0.1) is 0 Å². The van der Waals surface area contributed by atoms with Crippen LogP contribution in [-0.2, 0) is 4.79 Å². The summed E-state index contributed by atoms with van der Waals surface area (Å²) in [4.78, 5) is 25.3. The molecule has 0 saturated heterocycles. The Balaban J connectivity index is 1.80. The van der Waals surface area contributed by atoms with Crippen LogP contribution in [-0.4, -0.2) is 11.8 Å². The molecule has 4 nitrogen and oxygen atoms in total. The summed E-state index contributed by atoms with van der Waals surface area (Å²) in [5.41, 5.74) is 2.24. The van der Waals surface area contributed by atoms with Gasteiger partial charge in [0.15, 0.2) is 0 Å². The second-order valence-corrected chi connectivity index (χ2v) is 7.05. The summed E-state index contributed by atoms with van der Waals surface area (Å²) in [7, 11) is 0. The van der Waals surface area contributed by atoms with Crippen molar-refractivity contribution in [2.24, 2.45) is 0 Å². The Morgan fingerprint density at radius 2 is 1.41 bits per heavy atom. The van der Waals surface area contributed by atoms with Gasteiger partial charge in [0, 0.05) is 15.7 Å². The van der Waals surface area contributed by atoms with Gasteiger partial charge in [-0.15, -0.1) is 0 Å². The first-order valence-electron chi connectivity index (χ1n) is 8.98. The van der Waals surface area contributed by atoms with Crippen molar-refractivity contribution in [3.05, 3.63) is 118 Å². The van der Waals surface area contributed by atoms with Gasteiger partial charge in [-0.2, -0.15) is 0 Å². The van der Waals surface area contributed by atoms with Gasteiger partial charge in [0.1, 0.15) is 5.70 Å². The Bertz CT molecular complexity index is 1030. The van der Waals surface area contributed by atoms with Crippen molar-refractivity contribution in [3.8, 4) is 0 Å². The highest BCUT2D eigenvalue weighted by molar-refractivity contribution is 9.10. The van der Waals surface area contributed by atoms with Gasteiger partial charge < -0.3 is 10.6 Å². The van der Waals surface area contributed by atoms with Crippen molar-refractivity contribution >= 4 is 39.5 Å². The summed E-state index contributed by atoms with van der Waals surface area (Å²) in [6.45, 7) is 0. The molecule has 3 aromatic rings. The molecule has 2 N–H and O–H groups in total. The monoisotopic (exact) mass is 446 g/mol. The van der Waals surface area contributed by atoms with Crippen LogP contribution in [0.5, 0.6) is 0 Å². The maximum Gasteiger partial charge on any atom is 0.272 e. The van der Waals surface area contributed by atoms with Gasteiger partial charge in [-0.3, -0.25) is 9.59 Å². The Hall–Kier alpha value is -3.44. The van der Waals surface area contributed by atoms with E-state index >= 15 is 0 Å². The second kappa shape index (κ2) is 10.2. The predicted octanol–water partition coefficient (Wildman–Crippen LogP) is 5.41. The summed E-state index contributed by atoms with van der Waals surface area (Å²) in [5, 5.41) is 5.50. The number of carbonyl (C=O) groups excluding carboxylic acids is 2. The summed E-state index contributed by atoms with van der Waals surface area (Å²) in [6.07, 6.45) is 5.18. The van der Waals surface area contributed by atoms with Gasteiger partial charge in [-0.05, 0) is 48.0 Å². The molecule has 144 valence electrons. The molecule has 3 aromatic carbocycles. The largest absolute Gasteiger partial charge is 0.321 e. The van der Waals surface area contributed by atoms with Crippen LogP contribution in [0.25, 0.3) is 6.08 Å². The second-order valence-electron chi connectivity index (χ2n) is 6.13. The standard InChI is InChI=1S/C24H19BrN2O2/c25-20-14-16-21(17-15-20)26-24(29)22(13-7-10-18-8-3-1-4-9-18)27-23(28)19-11-5-2-6-12-19/h1-17H,(H,26,29)(H,27,28)/b10-7+,22-13+. The van der Waals surface area contributed by atoms with Crippen LogP contribution in [0.15, 0.2) is 107 Å². The molecule has 0 unspecified atom stereocenters. The number of anilines is 1. The molecule has 0 aliphatic carbocycles. The van der Waals surface area contributed by atoms with Gasteiger partial charge in [-0.25, -0.2) is 0 Å². The summed E-state index contributed by atoms with van der Waals surface area (Å²) < 4.78 is 0.912. The van der Waals surface area contributed by atoms with Crippen LogP contribution >= 0.6 is 15.9 Å². The van der Waals surface area contributed by atoms with Crippen LogP contribution in [0.2, 0.25) is 0 Å². The first kappa shape index (κ1) is 20.3. The first-order valence-corrected chi connectivity index (χ1v) is 9.78. The maximum absolute atomic E-state index is 12.8. The molecule has 0 aromatic heterocycles. The Morgan fingerprint density at radius 1 is 0.793 bits per heavy atom. The minimum atomic E-state index is -0.408. The number of hydrogen-bond donors (Lipinski definition) is 2. The topological polar surface area (TPSA) is 58.2 Å². The zero-order valence-electron chi connectivity index (χ0n) is 15.5. The van der Waals surface area contributed by atoms with E-state index in [0.29, 0.717) is 11.3 Å². The van der Waals surface area contributed by atoms with Gasteiger partial charge in [0.05, 0.1) is 0 Å². The molecule has 0 heterocycles. The van der Waals surface area contributed by atoms with Crippen molar-refractivity contribution in [2.45, 2.75) is 0 Å². The number of halogens is 1. The van der Waals surface area contributed by atoms with Crippen LogP contribution in [0.1, 0.15) is 15.9 Å². The highest BCUT2D eigenvalue weighted by Gasteiger charge is 2.14. The normalized spacial score (nSPS) is 11.3. The van der Waals surface area contributed by atoms with E-state index in [2.05, 4.69) is 26.6 Å². The van der Waals surface area contributed by atoms with E-state index in [1.165, 1.54) is 0 Å². The van der Waals surface area contributed by atoms with E-state index in [-0.39, 0.29) is 11.6 Å². The predicted molar refractivity (Wildman–Crippen MR) is 120 cm³/mol. The van der Waals surface area contributed by atoms with Crippen molar-refractivity contribution < 1.29 is 9.59 Å². The van der Waals surface area contributed by atoms with E-state index in [1.807, 2.05) is 54.6 Å². The molecular weight excluding hydrogens is 428 g/mol. The van der Waals surface area contributed by atoms with Crippen molar-refractivity contribution in [1.82, 2.24) is 5.32 Å². The lowest BCUT2D eigenvalue weighted by molar-refractivity contribution is -0.113. The molecular formula is C24H19BrN2O2. The van der Waals surface area contributed by atoms with E-state index in [0.717, 1.165) is 10.0 Å². The van der Waals surface area contributed by atoms with Crippen molar-refractivity contribution in [3.63, 3.8) is 0 Å². The molecule has 0 bridgehead atoms. The molecule has 0 aliphatic heterocycles. The van der Waals surface area contributed by atoms with E-state index in [1.54, 1.807) is 48.6 Å². The lowest BCUT2D eigenvalue weighted by Crippen LogP contribution is -2.30. The van der Waals surface area contributed by atoms with E-state index in [9.17, 15) is 9.59 Å². The number of benzene rings is 3. The van der Waals surface area contributed by atoms with Crippen molar-refractivity contribution in [1.29, 1.82) is 0 Å². The lowest BCUT2D eigenvalue weighted by Gasteiger charge is -2.10. The van der Waals surface area contributed by atoms with Crippen LogP contribution in [0.3, 0.4) is 0 Å². The average Bonchev–Trinajstić information content (AvgIpc) is 2.76. The average molecular weight is 447 g/mol. The van der Waals surface area contributed by atoms with Crippen molar-refractivity contribution in [2.75, 3.05) is 5.32 Å². The molecule has 0 fully saturated rings. The zero-order valence-corrected chi connectivity index (χ0v) is 17.1. The Labute approximate surface area is 178 Å². The smallest absolute Gasteiger partial charge is 0.272 e. The number of carbonyl (C=O) groups is 2. The zero-order chi connectivity index (χ0) is 20.5. The molecule has 3 rings (SSSR count). The van der Waals surface area contributed by atoms with E-state index < -0.39 is 5.91 Å². The number of rotatable bonds is 6. The van der Waals surface area contributed by atoms with Crippen LogP contribution < -0.4 is 10.6 Å². The fourth-order valence-electron chi connectivity index (χ4n) is 2.51. The fraction of sp³-hybridized carbons (Fsp3) is 0. The van der Waals surface area contributed by atoms with E-state index in [4.69, 9.17) is 0 Å². The molecule has 0 saturated carbocycles. The Kier molecular flexibility index (Phi) is 7.14. The Morgan fingerprint density at radius 3 is 2.07 bits per heavy atom. The molecule has 0 aliphatic rings. The third-order valence-electron chi connectivity index (χ3n) is 3.98. The number of hydrogen-bond acceptors (Lipinski definition) is 2. The molecule has 2 amide bonds. The molecule has 0 atom stereocenters. The highest BCUT2D eigenvalue weighted by atomic mass is 79.9. The third-order valence-corrected chi connectivity index (χ3v) is 4.51. The summed E-state index contributed by atoms with van der Waals surface area (Å²) >= 11 is 3.37. The first-order chi connectivity index (χ1) is 14.1.